The number of aryl methyl sites for hydroxylation is 1. The summed E-state index contributed by atoms with van der Waals surface area (Å²) in [5, 5.41) is 8.18. The third-order valence-electron chi connectivity index (χ3n) is 7.66. The van der Waals surface area contributed by atoms with Crippen LogP contribution in [-0.2, 0) is 16.5 Å². The molecule has 162 valence electrons. The van der Waals surface area contributed by atoms with Crippen LogP contribution in [0, 0.1) is 17.8 Å². The van der Waals surface area contributed by atoms with Crippen LogP contribution < -0.4 is 16.2 Å². The van der Waals surface area contributed by atoms with Crippen LogP contribution in [0.5, 0.6) is 0 Å². The average Bonchev–Trinajstić information content (AvgIpc) is 3.35. The van der Waals surface area contributed by atoms with Gasteiger partial charge in [0, 0.05) is 37.9 Å². The summed E-state index contributed by atoms with van der Waals surface area (Å²) in [4.78, 5) is 0. The average molecular weight is 404 g/mol. The molecule has 1 aromatic rings. The molecule has 0 spiro atoms. The molecule has 7 heteroatoms. The van der Waals surface area contributed by atoms with E-state index in [0.29, 0.717) is 48.6 Å². The van der Waals surface area contributed by atoms with E-state index in [1.165, 1.54) is 44.2 Å². The molecule has 7 atom stereocenters. The molecule has 1 aromatic heterocycles. The second-order valence-electron chi connectivity index (χ2n) is 9.70. The Bertz CT molecular complexity index is 667. The molecule has 3 heterocycles. The van der Waals surface area contributed by atoms with Crippen molar-refractivity contribution >= 4 is 0 Å². The normalized spacial score (nSPS) is 41.5. The number of aromatic nitrogens is 2. The smallest absolute Gasteiger partial charge is 0.0965 e. The number of hydrogen-bond donors (Lipinski definition) is 3. The van der Waals surface area contributed by atoms with Crippen molar-refractivity contribution in [1.82, 2.24) is 25.9 Å². The third-order valence-corrected chi connectivity index (χ3v) is 7.66. The zero-order valence-corrected chi connectivity index (χ0v) is 17.7. The molecule has 2 aliphatic carbocycles. The number of hydrazine groups is 1. The minimum absolute atomic E-state index is 0.424. The fraction of sp³-hybridized carbons (Fsp3) is 0.864. The molecule has 0 aromatic carbocycles. The Morgan fingerprint density at radius 1 is 1.14 bits per heavy atom. The van der Waals surface area contributed by atoms with Gasteiger partial charge in [0.25, 0.3) is 0 Å². The van der Waals surface area contributed by atoms with E-state index in [0.717, 1.165) is 26.2 Å². The first-order valence-electron chi connectivity index (χ1n) is 11.7. The van der Waals surface area contributed by atoms with Crippen LogP contribution in [-0.4, -0.2) is 54.5 Å². The third kappa shape index (κ3) is 4.54. The van der Waals surface area contributed by atoms with Crippen LogP contribution in [0.15, 0.2) is 12.3 Å². The van der Waals surface area contributed by atoms with Gasteiger partial charge < -0.3 is 9.47 Å². The Hall–Kier alpha value is -0.990. The first kappa shape index (κ1) is 19.9. The lowest BCUT2D eigenvalue weighted by Gasteiger charge is -2.41. The van der Waals surface area contributed by atoms with Gasteiger partial charge >= 0.3 is 0 Å². The second kappa shape index (κ2) is 9.02. The SMILES string of the molecule is Cn1ccc(C2CC3COCNCCCOC4CCC5NNC(C(C3)C2)C5C4)n1. The molecule has 7 unspecified atom stereocenters. The molecule has 3 N–H and O–H groups in total. The van der Waals surface area contributed by atoms with Gasteiger partial charge in [-0.3, -0.25) is 20.9 Å². The highest BCUT2D eigenvalue weighted by molar-refractivity contribution is 5.10. The second-order valence-corrected chi connectivity index (χ2v) is 9.70. The van der Waals surface area contributed by atoms with Gasteiger partial charge in [-0.25, -0.2) is 0 Å². The molecule has 0 amide bonds. The monoisotopic (exact) mass is 403 g/mol. The van der Waals surface area contributed by atoms with E-state index in [-0.39, 0.29) is 0 Å². The molecule has 2 saturated heterocycles. The topological polar surface area (TPSA) is 72.4 Å². The van der Waals surface area contributed by atoms with Crippen LogP contribution in [0.2, 0.25) is 0 Å². The highest BCUT2D eigenvalue weighted by atomic mass is 16.5. The van der Waals surface area contributed by atoms with E-state index in [1.54, 1.807) is 0 Å². The van der Waals surface area contributed by atoms with E-state index in [9.17, 15) is 0 Å². The van der Waals surface area contributed by atoms with Gasteiger partial charge in [0.05, 0.1) is 25.1 Å². The predicted molar refractivity (Wildman–Crippen MR) is 111 cm³/mol. The van der Waals surface area contributed by atoms with Crippen molar-refractivity contribution in [3.05, 3.63) is 18.0 Å². The van der Waals surface area contributed by atoms with Crippen molar-refractivity contribution < 1.29 is 9.47 Å². The van der Waals surface area contributed by atoms with Crippen molar-refractivity contribution in [1.29, 1.82) is 0 Å². The summed E-state index contributed by atoms with van der Waals surface area (Å²) in [6.45, 7) is 3.32. The molecule has 0 radical (unpaired) electrons. The van der Waals surface area contributed by atoms with E-state index in [2.05, 4.69) is 28.4 Å². The molecule has 4 aliphatic rings. The van der Waals surface area contributed by atoms with Gasteiger partial charge in [-0.1, -0.05) is 0 Å². The summed E-state index contributed by atoms with van der Waals surface area (Å²) >= 11 is 0. The van der Waals surface area contributed by atoms with Crippen LogP contribution in [0.1, 0.15) is 56.6 Å². The van der Waals surface area contributed by atoms with Crippen LogP contribution >= 0.6 is 0 Å². The lowest BCUT2D eigenvalue weighted by Crippen LogP contribution is -2.43. The van der Waals surface area contributed by atoms with Crippen molar-refractivity contribution in [2.24, 2.45) is 24.8 Å². The first-order chi connectivity index (χ1) is 14.3. The van der Waals surface area contributed by atoms with Gasteiger partial charge in [0.1, 0.15) is 0 Å². The molecule has 4 bridgehead atoms. The van der Waals surface area contributed by atoms with Gasteiger partial charge in [-0.05, 0) is 75.3 Å². The summed E-state index contributed by atoms with van der Waals surface area (Å²) in [5.74, 6) is 2.46. The quantitative estimate of drug-likeness (QED) is 0.665. The molecule has 7 nitrogen and oxygen atoms in total. The number of hydrogen-bond acceptors (Lipinski definition) is 6. The molecule has 5 rings (SSSR count). The molecular weight excluding hydrogens is 366 g/mol. The number of ether oxygens (including phenoxy) is 2. The summed E-state index contributed by atoms with van der Waals surface area (Å²) in [6, 6.07) is 3.34. The molecule has 2 aliphatic heterocycles. The van der Waals surface area contributed by atoms with Crippen molar-refractivity contribution in [2.45, 2.75) is 69.1 Å². The number of fused-ring (bicyclic) bond motifs is 4. The lowest BCUT2D eigenvalue weighted by atomic mass is 9.67. The highest BCUT2D eigenvalue weighted by Crippen LogP contribution is 2.45. The van der Waals surface area contributed by atoms with Gasteiger partial charge in [0.2, 0.25) is 0 Å². The first-order valence-corrected chi connectivity index (χ1v) is 11.7. The minimum atomic E-state index is 0.424. The Labute approximate surface area is 174 Å². The van der Waals surface area contributed by atoms with E-state index >= 15 is 0 Å². The van der Waals surface area contributed by atoms with Gasteiger partial charge in [0.15, 0.2) is 0 Å². The summed E-state index contributed by atoms with van der Waals surface area (Å²) in [5.41, 5.74) is 8.63. The molecular formula is C22H37N5O2. The lowest BCUT2D eigenvalue weighted by molar-refractivity contribution is 0.00287. The fourth-order valence-corrected chi connectivity index (χ4v) is 6.29. The van der Waals surface area contributed by atoms with Crippen LogP contribution in [0.3, 0.4) is 0 Å². The van der Waals surface area contributed by atoms with Crippen LogP contribution in [0.4, 0.5) is 0 Å². The molecule has 2 saturated carbocycles. The van der Waals surface area contributed by atoms with Crippen molar-refractivity contribution in [2.75, 3.05) is 26.5 Å². The van der Waals surface area contributed by atoms with E-state index in [4.69, 9.17) is 14.6 Å². The van der Waals surface area contributed by atoms with Gasteiger partial charge in [-0.15, -0.1) is 0 Å². The predicted octanol–water partition coefficient (Wildman–Crippen LogP) is 1.92. The maximum absolute atomic E-state index is 6.26. The van der Waals surface area contributed by atoms with E-state index in [1.807, 2.05) is 11.7 Å². The number of nitrogens with one attached hydrogen (secondary N) is 3. The van der Waals surface area contributed by atoms with E-state index < -0.39 is 0 Å². The highest BCUT2D eigenvalue weighted by Gasteiger charge is 2.46. The fourth-order valence-electron chi connectivity index (χ4n) is 6.29. The van der Waals surface area contributed by atoms with Crippen LogP contribution in [0.25, 0.3) is 0 Å². The van der Waals surface area contributed by atoms with Crippen molar-refractivity contribution in [3.63, 3.8) is 0 Å². The van der Waals surface area contributed by atoms with Crippen molar-refractivity contribution in [3.8, 4) is 0 Å². The summed E-state index contributed by atoms with van der Waals surface area (Å²) in [7, 11) is 2.02. The zero-order chi connectivity index (χ0) is 19.6. The summed E-state index contributed by atoms with van der Waals surface area (Å²) < 4.78 is 14.2. The molecule has 29 heavy (non-hydrogen) atoms. The Balaban J connectivity index is 1.36. The maximum atomic E-state index is 6.26. The number of rotatable bonds is 1. The Morgan fingerprint density at radius 2 is 2.10 bits per heavy atom. The zero-order valence-electron chi connectivity index (χ0n) is 17.7. The summed E-state index contributed by atoms with van der Waals surface area (Å²) in [6.07, 6.45) is 10.8. The minimum Gasteiger partial charge on any atom is -0.378 e. The Kier molecular flexibility index (Phi) is 6.20. The van der Waals surface area contributed by atoms with Gasteiger partial charge in [-0.2, -0.15) is 5.10 Å². The molecule has 4 fully saturated rings. The largest absolute Gasteiger partial charge is 0.378 e. The number of nitrogens with zero attached hydrogens (tertiary/aromatic N) is 2. The Morgan fingerprint density at radius 3 is 3.00 bits per heavy atom. The standard InChI is InChI=1S/C22H37N5O2/c1-27-7-5-20(26-27)16-9-15-10-17(11-16)22-19-12-18(3-4-21(19)24-25-22)29-8-2-6-23-14-28-13-15/h5,7,15-19,21-25H,2-4,6,8-14H2,1H3. The maximum Gasteiger partial charge on any atom is 0.0965 e.